The normalized spacial score (nSPS) is 17.8. The summed E-state index contributed by atoms with van der Waals surface area (Å²) in [5.41, 5.74) is 2.15. The number of amides is 3. The number of ketones is 1. The smallest absolute Gasteiger partial charge is 0.325 e. The lowest BCUT2D eigenvalue weighted by atomic mass is 9.98. The molecular weight excluding hydrogens is 446 g/mol. The predicted molar refractivity (Wildman–Crippen MR) is 130 cm³/mol. The molecule has 1 saturated heterocycles. The van der Waals surface area contributed by atoms with Gasteiger partial charge in [0.25, 0.3) is 5.91 Å². The Bertz CT molecular complexity index is 1450. The highest BCUT2D eigenvalue weighted by atomic mass is 16.5. The first-order valence-corrected chi connectivity index (χ1v) is 11.2. The number of fused-ring (bicyclic) bond motifs is 1. The number of imide groups is 1. The second-order valence-corrected chi connectivity index (χ2v) is 8.84. The fourth-order valence-corrected chi connectivity index (χ4v) is 4.64. The van der Waals surface area contributed by atoms with Gasteiger partial charge < -0.3 is 19.0 Å². The lowest BCUT2D eigenvalue weighted by molar-refractivity contribution is -0.131. The van der Waals surface area contributed by atoms with Crippen LogP contribution in [0.25, 0.3) is 16.7 Å². The number of furan rings is 1. The number of methoxy groups -OCH3 is 1. The lowest BCUT2D eigenvalue weighted by Gasteiger charge is -2.18. The molecule has 0 radical (unpaired) electrons. The van der Waals surface area contributed by atoms with E-state index in [0.717, 1.165) is 33.1 Å². The van der Waals surface area contributed by atoms with Crippen LogP contribution < -0.4 is 10.1 Å². The second-order valence-electron chi connectivity index (χ2n) is 8.84. The molecule has 8 nitrogen and oxygen atoms in total. The van der Waals surface area contributed by atoms with Gasteiger partial charge in [0.2, 0.25) is 0 Å². The van der Waals surface area contributed by atoms with E-state index in [-0.39, 0.29) is 12.3 Å². The molecule has 1 aliphatic rings. The van der Waals surface area contributed by atoms with E-state index in [1.54, 1.807) is 32.2 Å². The van der Waals surface area contributed by atoms with Gasteiger partial charge in [-0.05, 0) is 63.2 Å². The third-order valence-corrected chi connectivity index (χ3v) is 6.56. The molecule has 1 fully saturated rings. The zero-order chi connectivity index (χ0) is 24.9. The van der Waals surface area contributed by atoms with Crippen molar-refractivity contribution < 1.29 is 23.5 Å². The van der Waals surface area contributed by atoms with Crippen LogP contribution in [0.3, 0.4) is 0 Å². The summed E-state index contributed by atoms with van der Waals surface area (Å²) in [6.45, 7) is 4.97. The van der Waals surface area contributed by atoms with Gasteiger partial charge in [0.15, 0.2) is 11.3 Å². The molecule has 35 heavy (non-hydrogen) atoms. The number of nitrogens with one attached hydrogen (secondary N) is 1. The molecule has 1 aliphatic heterocycles. The van der Waals surface area contributed by atoms with Gasteiger partial charge in [-0.1, -0.05) is 18.2 Å². The zero-order valence-corrected chi connectivity index (χ0v) is 19.9. The number of benzene rings is 2. The van der Waals surface area contributed by atoms with Gasteiger partial charge >= 0.3 is 6.03 Å². The zero-order valence-electron chi connectivity index (χ0n) is 19.9. The molecule has 178 valence electrons. The van der Waals surface area contributed by atoms with Gasteiger partial charge in [-0.15, -0.1) is 0 Å². The molecular formula is C27H25N3O5. The van der Waals surface area contributed by atoms with Crippen LogP contribution in [-0.4, -0.2) is 40.8 Å². The minimum Gasteiger partial charge on any atom is -0.497 e. The molecule has 4 aromatic rings. The number of nitrogens with zero attached hydrogens (tertiary/aromatic N) is 2. The van der Waals surface area contributed by atoms with Crippen LogP contribution in [0.2, 0.25) is 0 Å². The lowest BCUT2D eigenvalue weighted by Crippen LogP contribution is -2.41. The minimum atomic E-state index is -1.39. The molecule has 0 aliphatic carbocycles. The first-order valence-electron chi connectivity index (χ1n) is 11.2. The van der Waals surface area contributed by atoms with E-state index < -0.39 is 17.5 Å². The van der Waals surface area contributed by atoms with Gasteiger partial charge in [-0.2, -0.15) is 0 Å². The summed E-state index contributed by atoms with van der Waals surface area (Å²) >= 11 is 0. The number of hydrogen-bond donors (Lipinski definition) is 1. The topological polar surface area (TPSA) is 93.8 Å². The Kier molecular flexibility index (Phi) is 5.24. The SMILES string of the molecule is COc1ccc(-n2c(C)cc(C(=O)CN3C(=O)N[C@](C)(c4cc5ccccc5o4)C3=O)c2C)cc1. The van der Waals surface area contributed by atoms with E-state index in [0.29, 0.717) is 16.9 Å². The molecule has 1 atom stereocenters. The van der Waals surface area contributed by atoms with Crippen molar-refractivity contribution in [1.29, 1.82) is 0 Å². The predicted octanol–water partition coefficient (Wildman–Crippen LogP) is 4.50. The van der Waals surface area contributed by atoms with Crippen LogP contribution in [0.4, 0.5) is 4.79 Å². The Labute approximate surface area is 202 Å². The maximum Gasteiger partial charge on any atom is 0.325 e. The number of urea groups is 1. The number of aryl methyl sites for hydroxylation is 1. The average Bonchev–Trinajstić information content (AvgIpc) is 3.48. The Morgan fingerprint density at radius 2 is 1.77 bits per heavy atom. The summed E-state index contributed by atoms with van der Waals surface area (Å²) in [7, 11) is 1.60. The molecule has 5 rings (SSSR count). The number of rotatable bonds is 6. The van der Waals surface area contributed by atoms with Crippen LogP contribution in [0.5, 0.6) is 5.75 Å². The first-order chi connectivity index (χ1) is 16.7. The summed E-state index contributed by atoms with van der Waals surface area (Å²) in [4.78, 5) is 40.3. The highest BCUT2D eigenvalue weighted by Crippen LogP contribution is 2.33. The number of aromatic nitrogens is 1. The van der Waals surface area contributed by atoms with Crippen molar-refractivity contribution in [2.75, 3.05) is 13.7 Å². The number of carbonyl (C=O) groups excluding carboxylic acids is 3. The first kappa shape index (κ1) is 22.5. The summed E-state index contributed by atoms with van der Waals surface area (Å²) in [5, 5.41) is 3.53. The summed E-state index contributed by atoms with van der Waals surface area (Å²) < 4.78 is 13.0. The van der Waals surface area contributed by atoms with Crippen molar-refractivity contribution in [3.63, 3.8) is 0 Å². The van der Waals surface area contributed by atoms with Gasteiger partial charge in [0.1, 0.15) is 17.1 Å². The number of Topliss-reactive ketones (excluding diaryl/α,β-unsaturated/α-hetero) is 1. The largest absolute Gasteiger partial charge is 0.497 e. The molecule has 0 unspecified atom stereocenters. The van der Waals surface area contributed by atoms with E-state index in [4.69, 9.17) is 9.15 Å². The highest BCUT2D eigenvalue weighted by molar-refractivity contribution is 6.11. The molecule has 2 aromatic carbocycles. The van der Waals surface area contributed by atoms with Crippen molar-refractivity contribution in [3.8, 4) is 11.4 Å². The summed E-state index contributed by atoms with van der Waals surface area (Å²) in [6, 6.07) is 17.8. The van der Waals surface area contributed by atoms with Gasteiger partial charge in [0.05, 0.1) is 13.7 Å². The Morgan fingerprint density at radius 3 is 2.46 bits per heavy atom. The van der Waals surface area contributed by atoms with Gasteiger partial charge in [0, 0.05) is 28.0 Å². The highest BCUT2D eigenvalue weighted by Gasteiger charge is 2.51. The third kappa shape index (κ3) is 3.58. The maximum atomic E-state index is 13.3. The number of para-hydroxylation sites is 1. The number of ether oxygens (including phenoxy) is 1. The molecule has 8 heteroatoms. The van der Waals surface area contributed by atoms with Crippen molar-refractivity contribution in [3.05, 3.63) is 83.4 Å². The molecule has 3 heterocycles. The molecule has 0 saturated carbocycles. The van der Waals surface area contributed by atoms with Crippen LogP contribution in [0, 0.1) is 13.8 Å². The number of carbonyl (C=O) groups is 3. The van der Waals surface area contributed by atoms with E-state index >= 15 is 0 Å². The quantitative estimate of drug-likeness (QED) is 0.330. The third-order valence-electron chi connectivity index (χ3n) is 6.56. The fourth-order valence-electron chi connectivity index (χ4n) is 4.64. The Balaban J connectivity index is 1.41. The van der Waals surface area contributed by atoms with Gasteiger partial charge in [-0.3, -0.25) is 14.5 Å². The molecule has 3 amide bonds. The van der Waals surface area contributed by atoms with E-state index in [1.165, 1.54) is 0 Å². The van der Waals surface area contributed by atoms with E-state index in [1.807, 2.05) is 60.9 Å². The summed E-state index contributed by atoms with van der Waals surface area (Å²) in [5.74, 6) is 0.206. The molecule has 2 aromatic heterocycles. The van der Waals surface area contributed by atoms with Crippen molar-refractivity contribution in [2.24, 2.45) is 0 Å². The molecule has 0 spiro atoms. The van der Waals surface area contributed by atoms with E-state index in [2.05, 4.69) is 5.32 Å². The average molecular weight is 472 g/mol. The van der Waals surface area contributed by atoms with Crippen molar-refractivity contribution >= 4 is 28.7 Å². The summed E-state index contributed by atoms with van der Waals surface area (Å²) in [6.07, 6.45) is 0. The minimum absolute atomic E-state index is 0.324. The second kappa shape index (κ2) is 8.16. The van der Waals surface area contributed by atoms with Crippen molar-refractivity contribution in [2.45, 2.75) is 26.3 Å². The van der Waals surface area contributed by atoms with Crippen LogP contribution in [0.15, 0.2) is 65.1 Å². The molecule has 0 bridgehead atoms. The van der Waals surface area contributed by atoms with Gasteiger partial charge in [-0.25, -0.2) is 4.79 Å². The number of hydrogen-bond acceptors (Lipinski definition) is 5. The fraction of sp³-hybridized carbons (Fsp3) is 0.222. The van der Waals surface area contributed by atoms with Crippen LogP contribution in [-0.2, 0) is 10.3 Å². The Morgan fingerprint density at radius 1 is 1.06 bits per heavy atom. The monoisotopic (exact) mass is 471 g/mol. The van der Waals surface area contributed by atoms with Crippen LogP contribution >= 0.6 is 0 Å². The van der Waals surface area contributed by atoms with Crippen molar-refractivity contribution in [1.82, 2.24) is 14.8 Å². The maximum absolute atomic E-state index is 13.3. The standard InChI is InChI=1S/C27H25N3O5/c1-16-13-21(17(2)30(16)19-9-11-20(34-4)12-10-19)22(31)15-29-25(32)27(3,28-26(29)33)24-14-18-7-5-6-8-23(18)35-24/h5-14H,15H2,1-4H3,(H,28,33)/t27-/m1/s1. The van der Waals surface area contributed by atoms with Crippen LogP contribution in [0.1, 0.15) is 34.4 Å². The van der Waals surface area contributed by atoms with E-state index in [9.17, 15) is 14.4 Å². The molecule has 1 N–H and O–H groups in total. The Hall–Kier alpha value is -4.33.